The van der Waals surface area contributed by atoms with E-state index in [2.05, 4.69) is 59.9 Å². The van der Waals surface area contributed by atoms with Crippen molar-refractivity contribution in [3.63, 3.8) is 0 Å². The monoisotopic (exact) mass is 432 g/mol. The molecular formula is C23H33ClN4S. The summed E-state index contributed by atoms with van der Waals surface area (Å²) in [5, 5.41) is 6.83. The van der Waals surface area contributed by atoms with E-state index in [1.807, 2.05) is 0 Å². The maximum Gasteiger partial charge on any atom is 0.169 e. The van der Waals surface area contributed by atoms with Crippen molar-refractivity contribution in [3.8, 4) is 0 Å². The molecule has 0 spiro atoms. The average Bonchev–Trinajstić information content (AvgIpc) is 2.99. The lowest BCUT2D eigenvalue weighted by Gasteiger charge is -2.48. The van der Waals surface area contributed by atoms with E-state index in [0.717, 1.165) is 49.2 Å². The minimum atomic E-state index is 0.367. The van der Waals surface area contributed by atoms with E-state index in [-0.39, 0.29) is 0 Å². The second-order valence-electron chi connectivity index (χ2n) is 8.57. The number of hydrogen-bond acceptors (Lipinski definition) is 2. The van der Waals surface area contributed by atoms with E-state index in [1.165, 1.54) is 34.1 Å². The molecule has 1 aliphatic carbocycles. The first-order chi connectivity index (χ1) is 14.0. The van der Waals surface area contributed by atoms with Gasteiger partial charge >= 0.3 is 0 Å². The molecule has 0 bridgehead atoms. The van der Waals surface area contributed by atoms with Gasteiger partial charge in [-0.05, 0) is 82.1 Å². The fraction of sp³-hybridized carbons (Fsp3) is 0.609. The third-order valence-corrected chi connectivity index (χ3v) is 7.43. The molecule has 1 aliphatic heterocycles. The van der Waals surface area contributed by atoms with Crippen LogP contribution >= 0.6 is 23.8 Å². The number of piperidine rings is 1. The molecule has 1 aromatic heterocycles. The summed E-state index contributed by atoms with van der Waals surface area (Å²) < 4.78 is 0. The summed E-state index contributed by atoms with van der Waals surface area (Å²) in [5.74, 6) is 0.483. The van der Waals surface area contributed by atoms with Crippen molar-refractivity contribution in [1.29, 1.82) is 0 Å². The number of likely N-dealkylation sites (tertiary alicyclic amines) is 1. The molecule has 2 heterocycles. The molecule has 29 heavy (non-hydrogen) atoms. The van der Waals surface area contributed by atoms with Crippen molar-refractivity contribution in [2.24, 2.45) is 0 Å². The summed E-state index contributed by atoms with van der Waals surface area (Å²) in [6.45, 7) is 12.9. The molecule has 0 unspecified atom stereocenters. The molecule has 0 amide bonds. The fourth-order valence-corrected chi connectivity index (χ4v) is 6.18. The Morgan fingerprint density at radius 3 is 2.76 bits per heavy atom. The van der Waals surface area contributed by atoms with Crippen LogP contribution in [0.15, 0.2) is 12.1 Å². The molecule has 1 aromatic carbocycles. The van der Waals surface area contributed by atoms with Crippen molar-refractivity contribution < 1.29 is 0 Å². The van der Waals surface area contributed by atoms with E-state index >= 15 is 0 Å². The molecule has 4 rings (SSSR count). The number of nitrogens with zero attached hydrogens (tertiary/aromatic N) is 2. The van der Waals surface area contributed by atoms with Crippen molar-refractivity contribution in [3.05, 3.63) is 34.0 Å². The van der Waals surface area contributed by atoms with Crippen LogP contribution in [0.4, 0.5) is 0 Å². The summed E-state index contributed by atoms with van der Waals surface area (Å²) in [6.07, 6.45) is 3.39. The van der Waals surface area contributed by atoms with E-state index in [0.29, 0.717) is 18.0 Å². The number of aromatic nitrogens is 1. The molecule has 0 saturated carbocycles. The molecule has 1 fully saturated rings. The van der Waals surface area contributed by atoms with Gasteiger partial charge in [-0.3, -0.25) is 4.90 Å². The van der Waals surface area contributed by atoms with Crippen LogP contribution in [-0.4, -0.2) is 58.2 Å². The standard InChI is InChI=1S/C23H33ClN4S/c1-5-8-28-13-16(26-23(29)27(6-2)7-3)11-18-19-9-15(24)10-20-22(19)17(12-21(18)28)14(4)25-20/h9-10,16,18,21,25H,5-8,11-13H2,1-4H3,(H,26,29)/t16-,18+,21+/m0/s1. The maximum atomic E-state index is 6.54. The average molecular weight is 433 g/mol. The van der Waals surface area contributed by atoms with Crippen LogP contribution in [0.5, 0.6) is 0 Å². The summed E-state index contributed by atoms with van der Waals surface area (Å²) in [6, 6.07) is 5.20. The van der Waals surface area contributed by atoms with Crippen LogP contribution in [0.25, 0.3) is 10.9 Å². The highest BCUT2D eigenvalue weighted by atomic mass is 35.5. The zero-order valence-electron chi connectivity index (χ0n) is 18.0. The Morgan fingerprint density at radius 1 is 1.31 bits per heavy atom. The zero-order valence-corrected chi connectivity index (χ0v) is 19.6. The highest BCUT2D eigenvalue weighted by Crippen LogP contribution is 2.45. The quantitative estimate of drug-likeness (QED) is 0.662. The van der Waals surface area contributed by atoms with E-state index in [1.54, 1.807) is 0 Å². The Labute approximate surface area is 185 Å². The van der Waals surface area contributed by atoms with Gasteiger partial charge in [0.25, 0.3) is 0 Å². The van der Waals surface area contributed by atoms with Gasteiger partial charge in [0, 0.05) is 59.3 Å². The second-order valence-corrected chi connectivity index (χ2v) is 9.40. The Kier molecular flexibility index (Phi) is 6.10. The molecule has 2 aliphatic rings. The molecule has 2 N–H and O–H groups in total. The lowest BCUT2D eigenvalue weighted by molar-refractivity contribution is 0.104. The molecule has 6 heteroatoms. The number of benzene rings is 1. The minimum Gasteiger partial charge on any atom is -0.359 e. The van der Waals surface area contributed by atoms with E-state index < -0.39 is 0 Å². The first-order valence-electron chi connectivity index (χ1n) is 11.1. The van der Waals surface area contributed by atoms with E-state index in [9.17, 15) is 0 Å². The summed E-state index contributed by atoms with van der Waals surface area (Å²) >= 11 is 12.3. The largest absolute Gasteiger partial charge is 0.359 e. The van der Waals surface area contributed by atoms with Gasteiger partial charge in [-0.2, -0.15) is 0 Å². The summed E-state index contributed by atoms with van der Waals surface area (Å²) in [5.41, 5.74) is 5.39. The molecule has 3 atom stereocenters. The predicted molar refractivity (Wildman–Crippen MR) is 127 cm³/mol. The van der Waals surface area contributed by atoms with Crippen molar-refractivity contribution >= 4 is 39.8 Å². The number of rotatable bonds is 5. The highest BCUT2D eigenvalue weighted by Gasteiger charge is 2.41. The van der Waals surface area contributed by atoms with Crippen LogP contribution in [0.1, 0.15) is 56.4 Å². The molecule has 2 aromatic rings. The first kappa shape index (κ1) is 21.0. The molecule has 1 saturated heterocycles. The van der Waals surface area contributed by atoms with Crippen molar-refractivity contribution in [1.82, 2.24) is 20.1 Å². The van der Waals surface area contributed by atoms with Gasteiger partial charge in [0.05, 0.1) is 0 Å². The number of H-pyrrole nitrogens is 1. The number of fused-ring (bicyclic) bond motifs is 2. The molecule has 4 nitrogen and oxygen atoms in total. The smallest absolute Gasteiger partial charge is 0.169 e. The van der Waals surface area contributed by atoms with Crippen LogP contribution in [0.3, 0.4) is 0 Å². The van der Waals surface area contributed by atoms with Gasteiger partial charge in [-0.15, -0.1) is 0 Å². The lowest BCUT2D eigenvalue weighted by Crippen LogP contribution is -2.57. The number of aromatic amines is 1. The van der Waals surface area contributed by atoms with Gasteiger partial charge in [-0.1, -0.05) is 18.5 Å². The number of thiocarbonyl (C=S) groups is 1. The van der Waals surface area contributed by atoms with Gasteiger partial charge < -0.3 is 15.2 Å². The molecule has 0 radical (unpaired) electrons. The third kappa shape index (κ3) is 3.77. The maximum absolute atomic E-state index is 6.54. The Bertz CT molecular complexity index is 904. The summed E-state index contributed by atoms with van der Waals surface area (Å²) in [4.78, 5) is 8.51. The third-order valence-electron chi connectivity index (χ3n) is 6.84. The number of halogens is 1. The Morgan fingerprint density at radius 2 is 2.07 bits per heavy atom. The van der Waals surface area contributed by atoms with Crippen LogP contribution in [0, 0.1) is 6.92 Å². The number of aryl methyl sites for hydroxylation is 1. The molecular weight excluding hydrogens is 400 g/mol. The zero-order chi connectivity index (χ0) is 20.7. The van der Waals surface area contributed by atoms with Gasteiger partial charge in [0.2, 0.25) is 0 Å². The predicted octanol–water partition coefficient (Wildman–Crippen LogP) is 4.84. The summed E-state index contributed by atoms with van der Waals surface area (Å²) in [7, 11) is 0. The number of hydrogen-bond donors (Lipinski definition) is 2. The first-order valence-corrected chi connectivity index (χ1v) is 11.8. The highest BCUT2D eigenvalue weighted by molar-refractivity contribution is 7.80. The molecule has 158 valence electrons. The van der Waals surface area contributed by atoms with Gasteiger partial charge in [0.1, 0.15) is 0 Å². The minimum absolute atomic E-state index is 0.367. The SMILES string of the molecule is CCCN1C[C@@H](NC(=S)N(CC)CC)C[C@@H]2c3cc(Cl)cc4[nH]c(C)c(c34)C[C@H]21. The second kappa shape index (κ2) is 8.44. The normalized spacial score (nSPS) is 23.8. The van der Waals surface area contributed by atoms with Crippen LogP contribution in [0.2, 0.25) is 5.02 Å². The van der Waals surface area contributed by atoms with Crippen molar-refractivity contribution in [2.75, 3.05) is 26.2 Å². The van der Waals surface area contributed by atoms with Gasteiger partial charge in [0.15, 0.2) is 5.11 Å². The van der Waals surface area contributed by atoms with E-state index in [4.69, 9.17) is 23.8 Å². The van der Waals surface area contributed by atoms with Crippen LogP contribution in [-0.2, 0) is 6.42 Å². The number of nitrogens with one attached hydrogen (secondary N) is 2. The lowest BCUT2D eigenvalue weighted by atomic mass is 9.73. The Balaban J connectivity index is 1.69. The van der Waals surface area contributed by atoms with Crippen molar-refractivity contribution in [2.45, 2.75) is 65.0 Å². The Hall–Kier alpha value is -1.30. The fourth-order valence-electron chi connectivity index (χ4n) is 5.53. The van der Waals surface area contributed by atoms with Crippen LogP contribution < -0.4 is 5.32 Å². The van der Waals surface area contributed by atoms with Gasteiger partial charge in [-0.25, -0.2) is 0 Å². The topological polar surface area (TPSA) is 34.3 Å².